The maximum Gasteiger partial charge on any atom is 0.216 e. The lowest BCUT2D eigenvalue weighted by atomic mass is 10.0. The van der Waals surface area contributed by atoms with Crippen molar-refractivity contribution in [3.63, 3.8) is 0 Å². The molecule has 1 aliphatic heterocycles. The average molecular weight is 246 g/mol. The molecule has 1 aliphatic rings. The summed E-state index contributed by atoms with van der Waals surface area (Å²) in [5.74, 6) is 1.63. The Labute approximate surface area is 106 Å². The summed E-state index contributed by atoms with van der Waals surface area (Å²) in [4.78, 5) is 6.96. The summed E-state index contributed by atoms with van der Waals surface area (Å²) in [6.07, 6.45) is 3.65. The van der Waals surface area contributed by atoms with Crippen LogP contribution in [0.15, 0.2) is 18.2 Å². The Bertz CT molecular complexity index is 551. The maximum atomic E-state index is 5.30. The molecular weight excluding hydrogens is 228 g/mol. The summed E-state index contributed by atoms with van der Waals surface area (Å²) >= 11 is 0. The van der Waals surface area contributed by atoms with E-state index in [9.17, 15) is 0 Å². The van der Waals surface area contributed by atoms with Crippen LogP contribution in [0.25, 0.3) is 5.65 Å². The van der Waals surface area contributed by atoms with Crippen molar-refractivity contribution in [2.24, 2.45) is 0 Å². The van der Waals surface area contributed by atoms with Gasteiger partial charge in [0.05, 0.1) is 13.2 Å². The Morgan fingerprint density at radius 2 is 2.22 bits per heavy atom. The predicted molar refractivity (Wildman–Crippen MR) is 68.8 cm³/mol. The second-order valence-electron chi connectivity index (χ2n) is 4.80. The maximum absolute atomic E-state index is 5.30. The van der Waals surface area contributed by atoms with Crippen molar-refractivity contribution in [1.82, 2.24) is 19.5 Å². The minimum atomic E-state index is 0.336. The Morgan fingerprint density at radius 1 is 1.33 bits per heavy atom. The van der Waals surface area contributed by atoms with E-state index >= 15 is 0 Å². The number of hydrogen-bond donors (Lipinski definition) is 0. The first-order valence-electron chi connectivity index (χ1n) is 6.39. The molecule has 0 spiro atoms. The van der Waals surface area contributed by atoms with Crippen LogP contribution in [0.1, 0.15) is 31.1 Å². The highest BCUT2D eigenvalue weighted by Gasteiger charge is 2.24. The van der Waals surface area contributed by atoms with Crippen LogP contribution in [0.3, 0.4) is 0 Å². The Hall–Kier alpha value is -1.62. The van der Waals surface area contributed by atoms with Gasteiger partial charge >= 0.3 is 0 Å². The van der Waals surface area contributed by atoms with E-state index in [0.717, 1.165) is 30.3 Å². The summed E-state index contributed by atoms with van der Waals surface area (Å²) in [6, 6.07) is 6.14. The fourth-order valence-electron chi connectivity index (χ4n) is 2.59. The van der Waals surface area contributed by atoms with Crippen LogP contribution in [-0.4, -0.2) is 40.2 Å². The van der Waals surface area contributed by atoms with E-state index in [2.05, 4.69) is 22.0 Å². The van der Waals surface area contributed by atoms with Gasteiger partial charge in [0, 0.05) is 6.07 Å². The molecule has 0 aliphatic carbocycles. The minimum absolute atomic E-state index is 0.336. The van der Waals surface area contributed by atoms with E-state index in [4.69, 9.17) is 4.74 Å². The van der Waals surface area contributed by atoms with Gasteiger partial charge in [0.1, 0.15) is 0 Å². The van der Waals surface area contributed by atoms with E-state index in [1.807, 2.05) is 18.2 Å². The molecule has 2 aromatic heterocycles. The lowest BCUT2D eigenvalue weighted by molar-refractivity contribution is 0.179. The standard InChI is InChI=1S/C13H18N4O/c1-16-9-4-3-6-10(16)13-14-11-7-5-8-12(18-2)17(11)15-13/h5,7-8,10H,3-4,6,9H2,1-2H3. The van der Waals surface area contributed by atoms with Gasteiger partial charge in [0.2, 0.25) is 5.88 Å². The number of likely N-dealkylation sites (tertiary alicyclic amines) is 1. The van der Waals surface area contributed by atoms with Crippen molar-refractivity contribution < 1.29 is 4.74 Å². The van der Waals surface area contributed by atoms with Gasteiger partial charge in [-0.3, -0.25) is 4.90 Å². The summed E-state index contributed by atoms with van der Waals surface area (Å²) in [5.41, 5.74) is 0.850. The minimum Gasteiger partial charge on any atom is -0.481 e. The third-order valence-electron chi connectivity index (χ3n) is 3.62. The fraction of sp³-hybridized carbons (Fsp3) is 0.538. The number of fused-ring (bicyclic) bond motifs is 1. The molecule has 1 fully saturated rings. The van der Waals surface area contributed by atoms with Gasteiger partial charge in [-0.2, -0.15) is 4.52 Å². The predicted octanol–water partition coefficient (Wildman–Crippen LogP) is 1.89. The van der Waals surface area contributed by atoms with Crippen LogP contribution in [0, 0.1) is 0 Å². The van der Waals surface area contributed by atoms with Crippen LogP contribution in [0.4, 0.5) is 0 Å². The molecule has 96 valence electrons. The van der Waals surface area contributed by atoms with Gasteiger partial charge in [-0.05, 0) is 32.5 Å². The molecule has 0 bridgehead atoms. The average Bonchev–Trinajstić information content (AvgIpc) is 2.82. The van der Waals surface area contributed by atoms with Crippen LogP contribution in [0.2, 0.25) is 0 Å². The number of aromatic nitrogens is 3. The normalized spacial score (nSPS) is 21.3. The van der Waals surface area contributed by atoms with Crippen LogP contribution in [0.5, 0.6) is 5.88 Å². The smallest absolute Gasteiger partial charge is 0.216 e. The SMILES string of the molecule is COc1cccc2nc(C3CCCCN3C)nn12. The number of hydrogen-bond acceptors (Lipinski definition) is 4. The van der Waals surface area contributed by atoms with E-state index < -0.39 is 0 Å². The third-order valence-corrected chi connectivity index (χ3v) is 3.62. The highest BCUT2D eigenvalue weighted by Crippen LogP contribution is 2.28. The van der Waals surface area contributed by atoms with Crippen molar-refractivity contribution in [3.8, 4) is 5.88 Å². The first-order valence-corrected chi connectivity index (χ1v) is 6.39. The first-order chi connectivity index (χ1) is 8.79. The molecule has 18 heavy (non-hydrogen) atoms. The number of nitrogens with zero attached hydrogens (tertiary/aromatic N) is 4. The van der Waals surface area contributed by atoms with Crippen LogP contribution in [-0.2, 0) is 0 Å². The molecule has 1 unspecified atom stereocenters. The van der Waals surface area contributed by atoms with E-state index in [1.165, 1.54) is 12.8 Å². The topological polar surface area (TPSA) is 42.7 Å². The monoisotopic (exact) mass is 246 g/mol. The van der Waals surface area contributed by atoms with Gasteiger partial charge in [0.25, 0.3) is 0 Å². The second kappa shape index (κ2) is 4.57. The quantitative estimate of drug-likeness (QED) is 0.811. The highest BCUT2D eigenvalue weighted by molar-refractivity contribution is 5.41. The molecule has 1 saturated heterocycles. The summed E-state index contributed by atoms with van der Waals surface area (Å²) in [5, 5.41) is 4.60. The number of ether oxygens (including phenoxy) is 1. The first kappa shape index (κ1) is 11.5. The second-order valence-corrected chi connectivity index (χ2v) is 4.80. The van der Waals surface area contributed by atoms with Gasteiger partial charge in [0.15, 0.2) is 11.5 Å². The van der Waals surface area contributed by atoms with Crippen molar-refractivity contribution in [2.75, 3.05) is 20.7 Å². The molecule has 1 atom stereocenters. The molecule has 5 nitrogen and oxygen atoms in total. The molecule has 0 amide bonds. The molecule has 2 aromatic rings. The third kappa shape index (κ3) is 1.84. The fourth-order valence-corrected chi connectivity index (χ4v) is 2.59. The Balaban J connectivity index is 2.02. The molecular formula is C13H18N4O. The molecule has 0 aromatic carbocycles. The number of piperidine rings is 1. The van der Waals surface area contributed by atoms with Crippen molar-refractivity contribution in [2.45, 2.75) is 25.3 Å². The van der Waals surface area contributed by atoms with Gasteiger partial charge in [-0.1, -0.05) is 12.5 Å². The molecule has 0 saturated carbocycles. The number of rotatable bonds is 2. The van der Waals surface area contributed by atoms with Crippen molar-refractivity contribution in [1.29, 1.82) is 0 Å². The highest BCUT2D eigenvalue weighted by atomic mass is 16.5. The lowest BCUT2D eigenvalue weighted by Crippen LogP contribution is -2.30. The zero-order valence-electron chi connectivity index (χ0n) is 10.8. The van der Waals surface area contributed by atoms with Crippen molar-refractivity contribution in [3.05, 3.63) is 24.0 Å². The summed E-state index contributed by atoms with van der Waals surface area (Å²) in [7, 11) is 3.80. The molecule has 0 N–H and O–H groups in total. The van der Waals surface area contributed by atoms with E-state index in [0.29, 0.717) is 6.04 Å². The van der Waals surface area contributed by atoms with E-state index in [1.54, 1.807) is 11.6 Å². The lowest BCUT2D eigenvalue weighted by Gasteiger charge is -2.30. The van der Waals surface area contributed by atoms with Gasteiger partial charge in [-0.25, -0.2) is 4.98 Å². The number of pyridine rings is 1. The summed E-state index contributed by atoms with van der Waals surface area (Å²) < 4.78 is 7.08. The molecule has 5 heteroatoms. The zero-order chi connectivity index (χ0) is 12.5. The Kier molecular flexibility index (Phi) is 2.91. The van der Waals surface area contributed by atoms with Crippen LogP contribution < -0.4 is 4.74 Å². The zero-order valence-corrected chi connectivity index (χ0v) is 10.8. The summed E-state index contributed by atoms with van der Waals surface area (Å²) in [6.45, 7) is 1.12. The van der Waals surface area contributed by atoms with E-state index in [-0.39, 0.29) is 0 Å². The molecule has 3 rings (SSSR count). The largest absolute Gasteiger partial charge is 0.481 e. The number of methoxy groups -OCH3 is 1. The molecule has 3 heterocycles. The Morgan fingerprint density at radius 3 is 3.00 bits per heavy atom. The van der Waals surface area contributed by atoms with Crippen molar-refractivity contribution >= 4 is 5.65 Å². The molecule has 0 radical (unpaired) electrons. The van der Waals surface area contributed by atoms with Gasteiger partial charge in [-0.15, -0.1) is 5.10 Å². The van der Waals surface area contributed by atoms with Gasteiger partial charge < -0.3 is 4.74 Å². The van der Waals surface area contributed by atoms with Crippen LogP contribution >= 0.6 is 0 Å².